The summed E-state index contributed by atoms with van der Waals surface area (Å²) in [6.45, 7) is 5.79. The van der Waals surface area contributed by atoms with Crippen molar-refractivity contribution in [2.45, 2.75) is 25.1 Å². The summed E-state index contributed by atoms with van der Waals surface area (Å²) < 4.78 is 11.6. The van der Waals surface area contributed by atoms with Gasteiger partial charge in [-0.2, -0.15) is 0 Å². The predicted octanol–water partition coefficient (Wildman–Crippen LogP) is 3.85. The van der Waals surface area contributed by atoms with Gasteiger partial charge in [0.25, 0.3) is 0 Å². The Balaban J connectivity index is 1.21. The van der Waals surface area contributed by atoms with E-state index in [9.17, 15) is 5.11 Å². The van der Waals surface area contributed by atoms with Gasteiger partial charge in [-0.15, -0.1) is 22.0 Å². The van der Waals surface area contributed by atoms with Crippen molar-refractivity contribution in [2.75, 3.05) is 43.5 Å². The number of aromatic nitrogens is 2. The van der Waals surface area contributed by atoms with Crippen LogP contribution in [0.2, 0.25) is 0 Å². The molecule has 0 aliphatic carbocycles. The summed E-state index contributed by atoms with van der Waals surface area (Å²) in [6, 6.07) is 18.6. The molecule has 0 bridgehead atoms. The zero-order chi connectivity index (χ0) is 22.9. The molecule has 2 N–H and O–H groups in total. The second-order valence-corrected chi connectivity index (χ2v) is 9.49. The number of thioether (sulfide) groups is 1. The van der Waals surface area contributed by atoms with Crippen LogP contribution in [-0.2, 0) is 5.75 Å². The lowest BCUT2D eigenvalue weighted by Crippen LogP contribution is -2.36. The fourth-order valence-corrected chi connectivity index (χ4v) is 4.37. The fourth-order valence-electron chi connectivity index (χ4n) is 3.73. The molecule has 1 fully saturated rings. The van der Waals surface area contributed by atoms with Crippen LogP contribution in [0, 0.1) is 5.92 Å². The predicted molar refractivity (Wildman–Crippen MR) is 133 cm³/mol. The highest BCUT2D eigenvalue weighted by Crippen LogP contribution is 2.25. The minimum absolute atomic E-state index is 0.226. The number of benzene rings is 2. The molecule has 1 aliphatic rings. The van der Waals surface area contributed by atoms with Gasteiger partial charge in [0.1, 0.15) is 5.75 Å². The summed E-state index contributed by atoms with van der Waals surface area (Å²) in [5.74, 6) is 3.88. The minimum Gasteiger partial charge on any atom is -0.493 e. The van der Waals surface area contributed by atoms with Crippen LogP contribution in [0.3, 0.4) is 0 Å². The van der Waals surface area contributed by atoms with Gasteiger partial charge in [-0.05, 0) is 48.7 Å². The smallest absolute Gasteiger partial charge is 0.247 e. The summed E-state index contributed by atoms with van der Waals surface area (Å²) in [5, 5.41) is 21.2. The first-order valence-electron chi connectivity index (χ1n) is 11.5. The third-order valence-electron chi connectivity index (χ3n) is 5.67. The Kier molecular flexibility index (Phi) is 8.63. The van der Waals surface area contributed by atoms with Gasteiger partial charge < -0.3 is 24.5 Å². The third kappa shape index (κ3) is 6.96. The van der Waals surface area contributed by atoms with Crippen LogP contribution in [0.25, 0.3) is 11.5 Å². The lowest BCUT2D eigenvalue weighted by Gasteiger charge is -2.20. The Hall–Kier alpha value is -2.55. The van der Waals surface area contributed by atoms with Gasteiger partial charge >= 0.3 is 0 Å². The topological polar surface area (TPSA) is 83.7 Å². The molecule has 176 valence electrons. The lowest BCUT2D eigenvalue weighted by molar-refractivity contribution is 0.231. The molecule has 1 saturated heterocycles. The molecule has 2 aromatic carbocycles. The molecule has 1 aliphatic heterocycles. The molecular formula is C25H32N4O3S. The molecule has 2 heterocycles. The van der Waals surface area contributed by atoms with Gasteiger partial charge in [0, 0.05) is 49.3 Å². The Labute approximate surface area is 199 Å². The van der Waals surface area contributed by atoms with Crippen LogP contribution >= 0.6 is 11.8 Å². The van der Waals surface area contributed by atoms with Crippen LogP contribution in [0.5, 0.6) is 5.75 Å². The van der Waals surface area contributed by atoms with E-state index in [1.165, 1.54) is 5.69 Å². The molecule has 33 heavy (non-hydrogen) atoms. The van der Waals surface area contributed by atoms with Crippen LogP contribution in [0.15, 0.2) is 59.0 Å². The van der Waals surface area contributed by atoms with E-state index in [1.807, 2.05) is 42.5 Å². The fraction of sp³-hybridized carbons (Fsp3) is 0.440. The van der Waals surface area contributed by atoms with Gasteiger partial charge in [0.05, 0.1) is 12.4 Å². The van der Waals surface area contributed by atoms with Crippen LogP contribution < -0.4 is 15.0 Å². The number of hydrogen-bond donors (Lipinski definition) is 2. The van der Waals surface area contributed by atoms with Crippen LogP contribution in [0.4, 0.5) is 5.69 Å². The van der Waals surface area contributed by atoms with Crippen molar-refractivity contribution in [1.82, 2.24) is 15.5 Å². The van der Waals surface area contributed by atoms with Crippen molar-refractivity contribution >= 4 is 17.4 Å². The van der Waals surface area contributed by atoms with E-state index in [0.717, 1.165) is 43.1 Å². The molecule has 0 radical (unpaired) electrons. The van der Waals surface area contributed by atoms with Crippen molar-refractivity contribution in [3.63, 3.8) is 0 Å². The Bertz CT molecular complexity index is 967. The highest BCUT2D eigenvalue weighted by Gasteiger charge is 2.22. The molecule has 0 amide bonds. The summed E-state index contributed by atoms with van der Waals surface area (Å²) in [7, 11) is 0. The first-order chi connectivity index (χ1) is 16.2. The molecule has 0 spiro atoms. The summed E-state index contributed by atoms with van der Waals surface area (Å²) >= 11 is 1.71. The van der Waals surface area contributed by atoms with E-state index in [-0.39, 0.29) is 6.61 Å². The molecule has 4 rings (SSSR count). The Morgan fingerprint density at radius 3 is 2.79 bits per heavy atom. The van der Waals surface area contributed by atoms with E-state index < -0.39 is 0 Å². The van der Waals surface area contributed by atoms with E-state index in [2.05, 4.69) is 39.5 Å². The summed E-state index contributed by atoms with van der Waals surface area (Å²) in [5.41, 5.74) is 2.13. The van der Waals surface area contributed by atoms with Gasteiger partial charge in [0.15, 0.2) is 0 Å². The minimum atomic E-state index is 0.226. The highest BCUT2D eigenvalue weighted by molar-refractivity contribution is 7.98. The normalized spacial score (nSPS) is 16.8. The summed E-state index contributed by atoms with van der Waals surface area (Å²) in [4.78, 5) is 2.39. The van der Waals surface area contributed by atoms with Gasteiger partial charge in [-0.3, -0.25) is 0 Å². The number of aliphatic hydroxyl groups is 1. The monoisotopic (exact) mass is 468 g/mol. The number of nitrogens with one attached hydrogen (secondary N) is 1. The number of ether oxygens (including phenoxy) is 1. The Morgan fingerprint density at radius 2 is 2.00 bits per heavy atom. The van der Waals surface area contributed by atoms with Crippen molar-refractivity contribution in [1.29, 1.82) is 0 Å². The molecule has 8 heteroatoms. The lowest BCUT2D eigenvalue weighted by atomic mass is 10.2. The van der Waals surface area contributed by atoms with Crippen molar-refractivity contribution in [2.24, 2.45) is 5.92 Å². The zero-order valence-corrected chi connectivity index (χ0v) is 19.8. The van der Waals surface area contributed by atoms with Crippen molar-refractivity contribution < 1.29 is 14.3 Å². The van der Waals surface area contributed by atoms with Gasteiger partial charge in [0.2, 0.25) is 11.8 Å². The highest BCUT2D eigenvalue weighted by atomic mass is 32.2. The molecule has 0 saturated carbocycles. The quantitative estimate of drug-likeness (QED) is 0.388. The number of rotatable bonds is 12. The number of hydrogen-bond acceptors (Lipinski definition) is 8. The number of nitrogens with zero attached hydrogens (tertiary/aromatic N) is 3. The number of aliphatic hydroxyl groups excluding tert-OH is 1. The maximum Gasteiger partial charge on any atom is 0.247 e. The number of anilines is 1. The number of para-hydroxylation sites is 1. The first-order valence-corrected chi connectivity index (χ1v) is 12.6. The van der Waals surface area contributed by atoms with E-state index in [0.29, 0.717) is 36.1 Å². The molecule has 2 unspecified atom stereocenters. The van der Waals surface area contributed by atoms with E-state index in [1.54, 1.807) is 11.8 Å². The van der Waals surface area contributed by atoms with Crippen LogP contribution in [0.1, 0.15) is 19.2 Å². The first kappa shape index (κ1) is 23.6. The average molecular weight is 469 g/mol. The second kappa shape index (κ2) is 12.1. The molecule has 3 aromatic rings. The van der Waals surface area contributed by atoms with Crippen molar-refractivity contribution in [3.05, 3.63) is 60.5 Å². The summed E-state index contributed by atoms with van der Waals surface area (Å²) in [6.07, 6.45) is 1.11. The zero-order valence-electron chi connectivity index (χ0n) is 19.0. The molecular weight excluding hydrogens is 436 g/mol. The molecule has 2 atom stereocenters. The van der Waals surface area contributed by atoms with Gasteiger partial charge in [-0.25, -0.2) is 0 Å². The van der Waals surface area contributed by atoms with E-state index in [4.69, 9.17) is 9.15 Å². The standard InChI is InChI=1S/C25H32N4O3S/c1-19(17-30)15-26-21-11-12-29(16-21)22-9-7-20(8-10-22)25-28-27-24(32-25)18-33-14-13-31-23-5-3-2-4-6-23/h2-10,19,21,26,30H,11-18H2,1H3. The molecule has 7 nitrogen and oxygen atoms in total. The second-order valence-electron chi connectivity index (χ2n) is 8.39. The average Bonchev–Trinajstić information content (AvgIpc) is 3.53. The van der Waals surface area contributed by atoms with Crippen molar-refractivity contribution in [3.8, 4) is 17.2 Å². The van der Waals surface area contributed by atoms with Gasteiger partial charge in [-0.1, -0.05) is 25.1 Å². The maximum absolute atomic E-state index is 9.19. The SMILES string of the molecule is CC(CO)CNC1CCN(c2ccc(-c3nnc(CSCCOc4ccccc4)o3)cc2)C1. The maximum atomic E-state index is 9.19. The van der Waals surface area contributed by atoms with Crippen LogP contribution in [-0.4, -0.2) is 59.9 Å². The largest absolute Gasteiger partial charge is 0.493 e. The third-order valence-corrected chi connectivity index (χ3v) is 6.57. The molecule has 1 aromatic heterocycles. The Morgan fingerprint density at radius 1 is 1.18 bits per heavy atom. The van der Waals surface area contributed by atoms with E-state index >= 15 is 0 Å².